The van der Waals surface area contributed by atoms with Crippen molar-refractivity contribution in [1.29, 1.82) is 0 Å². The fourth-order valence-corrected chi connectivity index (χ4v) is 5.80. The monoisotopic (exact) mass is 896 g/mol. The van der Waals surface area contributed by atoms with Crippen LogP contribution in [0.1, 0.15) is 40.1 Å². The highest BCUT2D eigenvalue weighted by Gasteiger charge is 2.29. The summed E-state index contributed by atoms with van der Waals surface area (Å²) >= 11 is 0. The fourth-order valence-electron chi connectivity index (χ4n) is 5.80. The van der Waals surface area contributed by atoms with E-state index in [-0.39, 0.29) is 18.2 Å². The summed E-state index contributed by atoms with van der Waals surface area (Å²) in [4.78, 5) is 76.7. The molecular formula is C46H56N8O11. The van der Waals surface area contributed by atoms with Gasteiger partial charge in [0.15, 0.2) is 12.2 Å². The standard InChI is InChI=1S/2C19H21N3O.C4H8N2O3.C4H6O6/c2*1-13-5-8-15(9-6-13)19-16(11-18(23)21(3)4)22-12-14(2)7-10-17(22)20-19;5-2(4(8)9)1-3(6)7;5-1(3(7)8)2(6)4(9)10/h2*5-10,12H,11H2,1-4H3;2H,1,5H2,(H2,6,7)(H,8,9);1-2,5-6H,(H,7,8)(H,9,10). The number of hydrogen-bond acceptors (Lipinski definition) is 11. The van der Waals surface area contributed by atoms with Crippen molar-refractivity contribution in [2.45, 2.75) is 65.2 Å². The van der Waals surface area contributed by atoms with E-state index in [2.05, 4.69) is 68.1 Å². The van der Waals surface area contributed by atoms with Gasteiger partial charge in [0.25, 0.3) is 0 Å². The molecule has 65 heavy (non-hydrogen) atoms. The first-order valence-electron chi connectivity index (χ1n) is 20.0. The average Bonchev–Trinajstić information content (AvgIpc) is 3.77. The van der Waals surface area contributed by atoms with Gasteiger partial charge in [-0.15, -0.1) is 0 Å². The van der Waals surface area contributed by atoms with Gasteiger partial charge in [-0.3, -0.25) is 19.2 Å². The zero-order valence-electron chi connectivity index (χ0n) is 37.5. The molecule has 0 fully saturated rings. The molecular weight excluding hydrogens is 841 g/mol. The number of carbonyl (C=O) groups is 6. The van der Waals surface area contributed by atoms with Gasteiger partial charge in [-0.1, -0.05) is 71.8 Å². The highest BCUT2D eigenvalue weighted by Crippen LogP contribution is 2.27. The molecule has 19 nitrogen and oxygen atoms in total. The predicted molar refractivity (Wildman–Crippen MR) is 242 cm³/mol. The molecule has 0 spiro atoms. The van der Waals surface area contributed by atoms with E-state index >= 15 is 0 Å². The summed E-state index contributed by atoms with van der Waals surface area (Å²) < 4.78 is 4.07. The van der Waals surface area contributed by atoms with E-state index in [0.717, 1.165) is 56.3 Å². The number of nitrogens with zero attached hydrogens (tertiary/aromatic N) is 6. The minimum atomic E-state index is -2.27. The molecule has 6 aromatic rings. The van der Waals surface area contributed by atoms with Crippen molar-refractivity contribution < 1.29 is 54.3 Å². The summed E-state index contributed by atoms with van der Waals surface area (Å²) in [6.45, 7) is 8.21. The number of nitrogens with two attached hydrogens (primary N) is 2. The second kappa shape index (κ2) is 23.3. The largest absolute Gasteiger partial charge is 0.480 e. The van der Waals surface area contributed by atoms with Crippen LogP contribution in [0, 0.1) is 27.7 Å². The number of carboxylic acids is 3. The van der Waals surface area contributed by atoms with Crippen LogP contribution in [-0.2, 0) is 41.6 Å². The van der Waals surface area contributed by atoms with Gasteiger partial charge in [0.2, 0.25) is 17.7 Å². The summed E-state index contributed by atoms with van der Waals surface area (Å²) in [6.07, 6.45) is -0.0943. The van der Waals surface area contributed by atoms with Gasteiger partial charge in [0.05, 0.1) is 42.0 Å². The number of pyridine rings is 2. The molecule has 0 bridgehead atoms. The first-order chi connectivity index (χ1) is 30.4. The first kappa shape index (κ1) is 51.9. The van der Waals surface area contributed by atoms with Crippen LogP contribution in [0.4, 0.5) is 0 Å². The lowest BCUT2D eigenvalue weighted by atomic mass is 10.1. The number of aryl methyl sites for hydroxylation is 4. The Bertz CT molecular complexity index is 2470. The van der Waals surface area contributed by atoms with Crippen molar-refractivity contribution in [2.75, 3.05) is 28.2 Å². The third kappa shape index (κ3) is 14.8. The zero-order valence-corrected chi connectivity index (χ0v) is 37.5. The highest BCUT2D eigenvalue weighted by molar-refractivity contribution is 5.84. The van der Waals surface area contributed by atoms with Crippen LogP contribution >= 0.6 is 0 Å². The number of imidazole rings is 2. The van der Waals surface area contributed by atoms with Crippen molar-refractivity contribution in [1.82, 2.24) is 28.6 Å². The van der Waals surface area contributed by atoms with Gasteiger partial charge in [-0.05, 0) is 51.0 Å². The second-order valence-corrected chi connectivity index (χ2v) is 15.5. The lowest BCUT2D eigenvalue weighted by Crippen LogP contribution is -2.39. The number of aromatic nitrogens is 4. The Hall–Kier alpha value is -7.48. The third-order valence-electron chi connectivity index (χ3n) is 9.56. The molecule has 3 atom stereocenters. The van der Waals surface area contributed by atoms with Crippen LogP contribution in [0.15, 0.2) is 85.2 Å². The lowest BCUT2D eigenvalue weighted by molar-refractivity contribution is -0.165. The van der Waals surface area contributed by atoms with Gasteiger partial charge in [-0.2, -0.15) is 0 Å². The van der Waals surface area contributed by atoms with E-state index in [4.69, 9.17) is 41.2 Å². The van der Waals surface area contributed by atoms with Crippen LogP contribution in [-0.4, -0.2) is 136 Å². The number of aliphatic carboxylic acids is 3. The Morgan fingerprint density at radius 3 is 1.14 bits per heavy atom. The minimum absolute atomic E-state index is 0.0710. The van der Waals surface area contributed by atoms with E-state index in [9.17, 15) is 28.8 Å². The molecule has 0 saturated heterocycles. The molecule has 4 aromatic heterocycles. The number of fused-ring (bicyclic) bond motifs is 2. The SMILES string of the molecule is Cc1ccc(-c2nc3ccc(C)cn3c2CC(=O)N(C)C)cc1.Cc1ccc(-c2nc3ccc(C)cn3c2CC(=O)N(C)C)cc1.NC(=O)CC(N)C(=O)O.O=C(O)C(O)C(O)C(=O)O. The topological polar surface area (TPSA) is 297 Å². The average molecular weight is 897 g/mol. The van der Waals surface area contributed by atoms with Crippen LogP contribution in [0.5, 0.6) is 0 Å². The number of carbonyl (C=O) groups excluding carboxylic acids is 3. The molecule has 0 aliphatic rings. The van der Waals surface area contributed by atoms with Crippen LogP contribution in [0.3, 0.4) is 0 Å². The predicted octanol–water partition coefficient (Wildman–Crippen LogP) is 2.65. The van der Waals surface area contributed by atoms with Crippen molar-refractivity contribution in [3.8, 4) is 22.5 Å². The number of primary amides is 1. The van der Waals surface area contributed by atoms with E-state index in [1.54, 1.807) is 38.0 Å². The molecule has 4 heterocycles. The number of aliphatic hydroxyl groups excluding tert-OH is 2. The maximum Gasteiger partial charge on any atom is 0.335 e. The number of amides is 3. The normalized spacial score (nSPS) is 11.9. The summed E-state index contributed by atoms with van der Waals surface area (Å²) in [6, 6.07) is 23.4. The molecule has 3 unspecified atom stereocenters. The molecule has 0 saturated carbocycles. The molecule has 346 valence electrons. The van der Waals surface area contributed by atoms with Crippen LogP contribution in [0.25, 0.3) is 33.8 Å². The van der Waals surface area contributed by atoms with Crippen molar-refractivity contribution in [3.63, 3.8) is 0 Å². The summed E-state index contributed by atoms with van der Waals surface area (Å²) in [5.41, 5.74) is 21.7. The molecule has 6 rings (SSSR count). The smallest absolute Gasteiger partial charge is 0.335 e. The maximum atomic E-state index is 12.3. The number of benzene rings is 2. The molecule has 0 radical (unpaired) electrons. The molecule has 0 aliphatic heterocycles. The van der Waals surface area contributed by atoms with Crippen molar-refractivity contribution >= 4 is 46.9 Å². The highest BCUT2D eigenvalue weighted by atomic mass is 16.4. The Morgan fingerprint density at radius 2 is 0.877 bits per heavy atom. The molecule has 9 N–H and O–H groups in total. The minimum Gasteiger partial charge on any atom is -0.480 e. The van der Waals surface area contributed by atoms with E-state index in [1.807, 2.05) is 59.3 Å². The van der Waals surface area contributed by atoms with E-state index in [1.165, 1.54) is 11.1 Å². The first-order valence-corrected chi connectivity index (χ1v) is 20.0. The number of rotatable bonds is 12. The van der Waals surface area contributed by atoms with Gasteiger partial charge in [0, 0.05) is 51.7 Å². The number of hydrogen-bond donors (Lipinski definition) is 7. The van der Waals surface area contributed by atoms with E-state index < -0.39 is 42.1 Å². The second-order valence-electron chi connectivity index (χ2n) is 15.5. The summed E-state index contributed by atoms with van der Waals surface area (Å²) in [5, 5.41) is 40.6. The van der Waals surface area contributed by atoms with Crippen LogP contribution in [0.2, 0.25) is 0 Å². The quantitative estimate of drug-likeness (QED) is 0.0930. The van der Waals surface area contributed by atoms with Gasteiger partial charge >= 0.3 is 17.9 Å². The molecule has 2 aromatic carbocycles. The van der Waals surface area contributed by atoms with Gasteiger partial charge in [-0.25, -0.2) is 19.6 Å². The molecule has 0 aliphatic carbocycles. The number of carboxylic acid groups (broad SMARTS) is 3. The molecule has 19 heteroatoms. The zero-order chi connectivity index (χ0) is 48.9. The van der Waals surface area contributed by atoms with Gasteiger partial charge < -0.3 is 55.6 Å². The summed E-state index contributed by atoms with van der Waals surface area (Å²) in [5.74, 6) is -5.31. The van der Waals surface area contributed by atoms with E-state index in [0.29, 0.717) is 12.8 Å². The third-order valence-corrected chi connectivity index (χ3v) is 9.56. The Balaban J connectivity index is 0.000000251. The van der Waals surface area contributed by atoms with Crippen molar-refractivity contribution in [2.24, 2.45) is 11.5 Å². The van der Waals surface area contributed by atoms with Gasteiger partial charge in [0.1, 0.15) is 17.3 Å². The fraction of sp³-hybridized carbons (Fsp3) is 0.304. The van der Waals surface area contributed by atoms with Crippen LogP contribution < -0.4 is 11.5 Å². The number of aliphatic hydroxyl groups is 2. The Kier molecular flexibility index (Phi) is 18.6. The number of likely N-dealkylation sites (N-methyl/N-ethyl adjacent to an activating group) is 2. The summed E-state index contributed by atoms with van der Waals surface area (Å²) in [7, 11) is 7.12. The van der Waals surface area contributed by atoms with Crippen molar-refractivity contribution in [3.05, 3.63) is 119 Å². The Labute approximate surface area is 375 Å². The maximum absolute atomic E-state index is 12.3. The Morgan fingerprint density at radius 1 is 0.554 bits per heavy atom. The lowest BCUT2D eigenvalue weighted by Gasteiger charge is -2.11. The molecule has 3 amide bonds.